The average Bonchev–Trinajstić information content (AvgIpc) is 2.63. The first-order chi connectivity index (χ1) is 9.99. The van der Waals surface area contributed by atoms with Crippen LogP contribution in [0.15, 0.2) is 23.8 Å². The zero-order chi connectivity index (χ0) is 15.1. The quantitative estimate of drug-likeness (QED) is 0.482. The van der Waals surface area contributed by atoms with E-state index in [1.54, 1.807) is 12.1 Å². The van der Waals surface area contributed by atoms with Crippen molar-refractivity contribution < 1.29 is 9.72 Å². The summed E-state index contributed by atoms with van der Waals surface area (Å²) in [6, 6.07) is 4.73. The highest BCUT2D eigenvalue weighted by Crippen LogP contribution is 2.31. The molecule has 0 spiro atoms. The van der Waals surface area contributed by atoms with E-state index in [-0.39, 0.29) is 11.5 Å². The highest BCUT2D eigenvalue weighted by Gasteiger charge is 2.18. The highest BCUT2D eigenvalue weighted by molar-refractivity contribution is 6.03. The van der Waals surface area contributed by atoms with E-state index in [1.165, 1.54) is 19.1 Å². The van der Waals surface area contributed by atoms with Gasteiger partial charge in [-0.05, 0) is 25.0 Å². The highest BCUT2D eigenvalue weighted by atomic mass is 16.6. The van der Waals surface area contributed by atoms with Gasteiger partial charge in [-0.15, -0.1) is 0 Å². The molecule has 0 amide bonds. The van der Waals surface area contributed by atoms with Gasteiger partial charge in [-0.2, -0.15) is 0 Å². The topological polar surface area (TPSA) is 65.1 Å². The lowest BCUT2D eigenvalue weighted by atomic mass is 10.0. The molecular weight excluding hydrogens is 268 g/mol. The number of carbonyl (C=O) groups is 1. The van der Waals surface area contributed by atoms with E-state index in [4.69, 9.17) is 0 Å². The molecule has 1 heterocycles. The van der Waals surface area contributed by atoms with Crippen LogP contribution in [0, 0.1) is 22.0 Å². The Kier molecular flexibility index (Phi) is 2.88. The molecule has 1 aromatic carbocycles. The number of nitro groups is 1. The molecule has 1 aromatic heterocycles. The van der Waals surface area contributed by atoms with Gasteiger partial charge in [-0.25, -0.2) is 0 Å². The van der Waals surface area contributed by atoms with Crippen molar-refractivity contribution in [3.63, 3.8) is 0 Å². The number of fused-ring (bicyclic) bond motifs is 3. The van der Waals surface area contributed by atoms with E-state index < -0.39 is 4.92 Å². The molecule has 0 saturated carbocycles. The molecule has 5 nitrogen and oxygen atoms in total. The van der Waals surface area contributed by atoms with Crippen molar-refractivity contribution in [2.75, 3.05) is 0 Å². The Labute approximate surface area is 121 Å². The van der Waals surface area contributed by atoms with E-state index in [0.29, 0.717) is 12.0 Å². The second kappa shape index (κ2) is 4.60. The Morgan fingerprint density at radius 1 is 1.43 bits per heavy atom. The molecule has 0 radical (unpaired) electrons. The van der Waals surface area contributed by atoms with Gasteiger partial charge in [0.1, 0.15) is 5.69 Å². The zero-order valence-corrected chi connectivity index (χ0v) is 11.6. The van der Waals surface area contributed by atoms with Crippen molar-refractivity contribution in [3.8, 4) is 11.8 Å². The Balaban J connectivity index is 2.38. The number of carbonyl (C=O) groups excluding carboxylic acids is 1. The Morgan fingerprint density at radius 3 is 2.86 bits per heavy atom. The number of aryl methyl sites for hydroxylation is 1. The van der Waals surface area contributed by atoms with Crippen molar-refractivity contribution in [2.24, 2.45) is 7.05 Å². The lowest BCUT2D eigenvalue weighted by Crippen LogP contribution is -1.94. The van der Waals surface area contributed by atoms with Crippen LogP contribution < -0.4 is 0 Å². The van der Waals surface area contributed by atoms with Crippen molar-refractivity contribution in [2.45, 2.75) is 13.3 Å². The van der Waals surface area contributed by atoms with Gasteiger partial charge < -0.3 is 4.57 Å². The molecule has 0 unspecified atom stereocenters. The molecule has 0 N–H and O–H groups in total. The first-order valence-electron chi connectivity index (χ1n) is 6.46. The summed E-state index contributed by atoms with van der Waals surface area (Å²) in [5.74, 6) is 6.01. The number of hydrogen-bond donors (Lipinski definition) is 0. The van der Waals surface area contributed by atoms with Crippen molar-refractivity contribution in [1.29, 1.82) is 0 Å². The summed E-state index contributed by atoms with van der Waals surface area (Å²) < 4.78 is 1.90. The van der Waals surface area contributed by atoms with Gasteiger partial charge in [-0.1, -0.05) is 5.92 Å². The third kappa shape index (κ3) is 2.01. The minimum absolute atomic E-state index is 0.0282. The molecule has 21 heavy (non-hydrogen) atoms. The SMILES string of the molecule is CC(=O)C1=Cc2c(n(C)c3ccc([N+](=O)[O-])cc23)C#CC1. The fourth-order valence-electron chi connectivity index (χ4n) is 2.55. The number of nitro benzene ring substituents is 1. The van der Waals surface area contributed by atoms with Crippen molar-refractivity contribution in [3.05, 3.63) is 45.1 Å². The standard InChI is InChI=1S/C16H12N2O3/c1-10(19)11-4-3-5-15-13(8-11)14-9-12(18(20)21)6-7-16(14)17(15)2/h6-9H,4H2,1-2H3. The number of allylic oxidation sites excluding steroid dienone is 1. The molecule has 0 fully saturated rings. The summed E-state index contributed by atoms with van der Waals surface area (Å²) in [5.41, 5.74) is 3.08. The smallest absolute Gasteiger partial charge is 0.270 e. The lowest BCUT2D eigenvalue weighted by molar-refractivity contribution is -0.384. The monoisotopic (exact) mass is 280 g/mol. The summed E-state index contributed by atoms with van der Waals surface area (Å²) in [7, 11) is 1.87. The van der Waals surface area contributed by atoms with E-state index >= 15 is 0 Å². The Bertz CT molecular complexity index is 892. The van der Waals surface area contributed by atoms with Crippen LogP contribution in [0.5, 0.6) is 0 Å². The van der Waals surface area contributed by atoms with Gasteiger partial charge in [0, 0.05) is 47.6 Å². The largest absolute Gasteiger partial charge is 0.337 e. The summed E-state index contributed by atoms with van der Waals surface area (Å²) in [5, 5.41) is 11.7. The molecule has 0 saturated heterocycles. The van der Waals surface area contributed by atoms with Crippen LogP contribution in [0.3, 0.4) is 0 Å². The molecule has 3 rings (SSSR count). The number of non-ortho nitro benzene ring substituents is 1. The Hall–Kier alpha value is -2.87. The minimum atomic E-state index is -0.420. The van der Waals surface area contributed by atoms with Gasteiger partial charge in [-0.3, -0.25) is 14.9 Å². The number of ketones is 1. The molecule has 1 aliphatic carbocycles. The van der Waals surface area contributed by atoms with Crippen LogP contribution in [-0.2, 0) is 11.8 Å². The molecule has 0 bridgehead atoms. The maximum Gasteiger partial charge on any atom is 0.270 e. The van der Waals surface area contributed by atoms with Crippen LogP contribution >= 0.6 is 0 Å². The molecule has 104 valence electrons. The van der Waals surface area contributed by atoms with Crippen LogP contribution in [0.25, 0.3) is 17.0 Å². The zero-order valence-electron chi connectivity index (χ0n) is 11.6. The summed E-state index contributed by atoms with van der Waals surface area (Å²) in [6.45, 7) is 1.51. The van der Waals surface area contributed by atoms with Crippen LogP contribution in [0.1, 0.15) is 24.6 Å². The van der Waals surface area contributed by atoms with E-state index in [2.05, 4.69) is 11.8 Å². The number of aromatic nitrogens is 1. The molecule has 5 heteroatoms. The van der Waals surface area contributed by atoms with E-state index in [9.17, 15) is 14.9 Å². The van der Waals surface area contributed by atoms with Crippen LogP contribution in [0.4, 0.5) is 5.69 Å². The van der Waals surface area contributed by atoms with Crippen LogP contribution in [-0.4, -0.2) is 15.3 Å². The van der Waals surface area contributed by atoms with Gasteiger partial charge in [0.15, 0.2) is 5.78 Å². The average molecular weight is 280 g/mol. The third-order valence-corrected chi connectivity index (χ3v) is 3.69. The van der Waals surface area contributed by atoms with Gasteiger partial charge in [0.2, 0.25) is 0 Å². The van der Waals surface area contributed by atoms with E-state index in [1.807, 2.05) is 11.6 Å². The van der Waals surface area contributed by atoms with Gasteiger partial charge in [0.05, 0.1) is 4.92 Å². The fraction of sp³-hybridized carbons (Fsp3) is 0.188. The number of hydrogen-bond acceptors (Lipinski definition) is 3. The molecule has 0 aliphatic heterocycles. The van der Waals surface area contributed by atoms with Crippen LogP contribution in [0.2, 0.25) is 0 Å². The number of benzene rings is 1. The predicted octanol–water partition coefficient (Wildman–Crippen LogP) is 2.81. The van der Waals surface area contributed by atoms with E-state index in [0.717, 1.165) is 22.2 Å². The number of nitrogens with zero attached hydrogens (tertiary/aromatic N) is 2. The summed E-state index contributed by atoms with van der Waals surface area (Å²) in [6.07, 6.45) is 2.19. The summed E-state index contributed by atoms with van der Waals surface area (Å²) >= 11 is 0. The normalized spacial score (nSPS) is 13.0. The first kappa shape index (κ1) is 13.1. The first-order valence-corrected chi connectivity index (χ1v) is 6.46. The second-order valence-corrected chi connectivity index (χ2v) is 4.98. The molecule has 1 aliphatic rings. The summed E-state index contributed by atoms with van der Waals surface area (Å²) in [4.78, 5) is 22.2. The van der Waals surface area contributed by atoms with Crippen molar-refractivity contribution in [1.82, 2.24) is 4.57 Å². The van der Waals surface area contributed by atoms with Crippen molar-refractivity contribution >= 4 is 28.4 Å². The maximum atomic E-state index is 11.6. The van der Waals surface area contributed by atoms with Gasteiger partial charge >= 0.3 is 0 Å². The number of rotatable bonds is 2. The van der Waals surface area contributed by atoms with Gasteiger partial charge in [0.25, 0.3) is 5.69 Å². The Morgan fingerprint density at radius 2 is 2.19 bits per heavy atom. The molecule has 2 aromatic rings. The number of Topliss-reactive ketones (excluding diaryl/α,β-unsaturated/α-hetero) is 1. The minimum Gasteiger partial charge on any atom is -0.337 e. The third-order valence-electron chi connectivity index (χ3n) is 3.69. The fourth-order valence-corrected chi connectivity index (χ4v) is 2.55. The predicted molar refractivity (Wildman–Crippen MR) is 79.7 cm³/mol. The lowest BCUT2D eigenvalue weighted by Gasteiger charge is -1.98. The second-order valence-electron chi connectivity index (χ2n) is 4.98. The molecule has 0 atom stereocenters. The molecular formula is C16H12N2O3. The maximum absolute atomic E-state index is 11.6.